The summed E-state index contributed by atoms with van der Waals surface area (Å²) >= 11 is 6.00. The smallest absolute Gasteiger partial charge is 0.0458 e. The van der Waals surface area contributed by atoms with Crippen LogP contribution in [0, 0.1) is 0 Å². The van der Waals surface area contributed by atoms with Crippen LogP contribution in [0.4, 0.5) is 0 Å². The second-order valence-electron chi connectivity index (χ2n) is 4.48. The summed E-state index contributed by atoms with van der Waals surface area (Å²) in [6, 6.07) is 5.87. The number of nitrogens with two attached hydrogens (primary N) is 1. The lowest BCUT2D eigenvalue weighted by molar-refractivity contribution is 0.544. The van der Waals surface area contributed by atoms with Gasteiger partial charge in [0.25, 0.3) is 0 Å². The molecule has 0 fully saturated rings. The average Bonchev–Trinajstić information content (AvgIpc) is 2.61. The number of hydrogen-bond donors (Lipinski definition) is 2. The van der Waals surface area contributed by atoms with Crippen LogP contribution in [0.5, 0.6) is 0 Å². The van der Waals surface area contributed by atoms with Crippen LogP contribution >= 0.6 is 11.6 Å². The van der Waals surface area contributed by atoms with E-state index in [1.54, 1.807) is 0 Å². The summed E-state index contributed by atoms with van der Waals surface area (Å²) in [7, 11) is 0. The Bertz CT molecular complexity index is 485. The number of aromatic nitrogens is 1. The van der Waals surface area contributed by atoms with Gasteiger partial charge in [-0.1, -0.05) is 25.4 Å². The van der Waals surface area contributed by atoms with E-state index < -0.39 is 0 Å². The first kappa shape index (κ1) is 10.5. The Balaban J connectivity index is 2.67. The van der Waals surface area contributed by atoms with Crippen LogP contribution < -0.4 is 5.73 Å². The maximum absolute atomic E-state index is 6.00. The topological polar surface area (TPSA) is 41.8 Å². The second kappa shape index (κ2) is 3.54. The molecule has 0 aliphatic carbocycles. The number of aromatic amines is 1. The van der Waals surface area contributed by atoms with E-state index in [0.29, 0.717) is 6.54 Å². The highest BCUT2D eigenvalue weighted by Gasteiger charge is 2.22. The quantitative estimate of drug-likeness (QED) is 0.806. The molecular formula is C12H15ClN2. The van der Waals surface area contributed by atoms with Gasteiger partial charge in [-0.3, -0.25) is 0 Å². The van der Waals surface area contributed by atoms with Gasteiger partial charge >= 0.3 is 0 Å². The first-order valence-electron chi connectivity index (χ1n) is 5.02. The number of rotatable bonds is 2. The van der Waals surface area contributed by atoms with Crippen molar-refractivity contribution < 1.29 is 0 Å². The molecule has 0 saturated heterocycles. The first-order valence-corrected chi connectivity index (χ1v) is 5.39. The average molecular weight is 223 g/mol. The highest BCUT2D eigenvalue weighted by molar-refractivity contribution is 6.31. The summed E-state index contributed by atoms with van der Waals surface area (Å²) in [5.41, 5.74) is 8.09. The second-order valence-corrected chi connectivity index (χ2v) is 4.92. The number of H-pyrrole nitrogens is 1. The lowest BCUT2D eigenvalue weighted by Gasteiger charge is -2.21. The molecule has 2 rings (SSSR count). The van der Waals surface area contributed by atoms with Crippen molar-refractivity contribution in [3.63, 3.8) is 0 Å². The van der Waals surface area contributed by atoms with E-state index in [1.165, 1.54) is 5.56 Å². The van der Waals surface area contributed by atoms with E-state index in [4.69, 9.17) is 17.3 Å². The van der Waals surface area contributed by atoms with E-state index in [0.717, 1.165) is 15.9 Å². The molecule has 0 saturated carbocycles. The van der Waals surface area contributed by atoms with E-state index in [9.17, 15) is 0 Å². The fourth-order valence-corrected chi connectivity index (χ4v) is 1.93. The molecular weight excluding hydrogens is 208 g/mol. The van der Waals surface area contributed by atoms with Crippen molar-refractivity contribution in [2.24, 2.45) is 5.73 Å². The minimum atomic E-state index is -0.0249. The van der Waals surface area contributed by atoms with Crippen LogP contribution in [0.1, 0.15) is 19.4 Å². The lowest BCUT2D eigenvalue weighted by atomic mass is 9.85. The molecule has 15 heavy (non-hydrogen) atoms. The van der Waals surface area contributed by atoms with Crippen LogP contribution in [0.3, 0.4) is 0 Å². The number of fused-ring (bicyclic) bond motifs is 1. The van der Waals surface area contributed by atoms with Crippen molar-refractivity contribution in [2.75, 3.05) is 6.54 Å². The van der Waals surface area contributed by atoms with Gasteiger partial charge in [0.05, 0.1) is 0 Å². The summed E-state index contributed by atoms with van der Waals surface area (Å²) in [4.78, 5) is 3.24. The van der Waals surface area contributed by atoms with Crippen LogP contribution in [0.15, 0.2) is 24.4 Å². The van der Waals surface area contributed by atoms with Gasteiger partial charge in [0.15, 0.2) is 0 Å². The van der Waals surface area contributed by atoms with Crippen LogP contribution in [-0.4, -0.2) is 11.5 Å². The molecule has 0 aliphatic rings. The first-order chi connectivity index (χ1) is 7.04. The Labute approximate surface area is 94.4 Å². The van der Waals surface area contributed by atoms with E-state index in [-0.39, 0.29) is 5.41 Å². The Hall–Kier alpha value is -0.990. The molecule has 2 aromatic rings. The van der Waals surface area contributed by atoms with Crippen molar-refractivity contribution in [1.29, 1.82) is 0 Å². The van der Waals surface area contributed by atoms with Gasteiger partial charge in [-0.2, -0.15) is 0 Å². The number of hydrogen-bond acceptors (Lipinski definition) is 1. The molecule has 1 aromatic heterocycles. The molecule has 3 heteroatoms. The predicted octanol–water partition coefficient (Wildman–Crippen LogP) is 3.06. The number of halogens is 1. The van der Waals surface area contributed by atoms with E-state index in [1.807, 2.05) is 24.4 Å². The Kier molecular flexibility index (Phi) is 2.49. The number of nitrogens with one attached hydrogen (secondary N) is 1. The molecule has 0 bridgehead atoms. The van der Waals surface area contributed by atoms with Gasteiger partial charge in [0.1, 0.15) is 0 Å². The standard InChI is InChI=1S/C12H15ClN2/c1-12(2,7-14)10-6-15-11-4-3-8(13)5-9(10)11/h3-6,15H,7,14H2,1-2H3. The van der Waals surface area contributed by atoms with Crippen molar-refractivity contribution in [3.8, 4) is 0 Å². The monoisotopic (exact) mass is 222 g/mol. The minimum Gasteiger partial charge on any atom is -0.361 e. The summed E-state index contributed by atoms with van der Waals surface area (Å²) in [5, 5.41) is 1.93. The molecule has 0 radical (unpaired) electrons. The molecule has 0 aliphatic heterocycles. The third-order valence-electron chi connectivity index (χ3n) is 2.88. The van der Waals surface area contributed by atoms with Gasteiger partial charge in [-0.25, -0.2) is 0 Å². The van der Waals surface area contributed by atoms with Crippen molar-refractivity contribution in [3.05, 3.63) is 35.0 Å². The van der Waals surface area contributed by atoms with E-state index in [2.05, 4.69) is 18.8 Å². The molecule has 2 nitrogen and oxygen atoms in total. The van der Waals surface area contributed by atoms with Crippen LogP contribution in [-0.2, 0) is 5.41 Å². The molecule has 1 aromatic carbocycles. The highest BCUT2D eigenvalue weighted by Crippen LogP contribution is 2.31. The highest BCUT2D eigenvalue weighted by atomic mass is 35.5. The third kappa shape index (κ3) is 1.75. The molecule has 0 spiro atoms. The summed E-state index contributed by atoms with van der Waals surface area (Å²) in [6.07, 6.45) is 2.02. The summed E-state index contributed by atoms with van der Waals surface area (Å²) < 4.78 is 0. The Morgan fingerprint density at radius 3 is 2.80 bits per heavy atom. The zero-order valence-corrected chi connectivity index (χ0v) is 9.73. The zero-order chi connectivity index (χ0) is 11.1. The largest absolute Gasteiger partial charge is 0.361 e. The lowest BCUT2D eigenvalue weighted by Crippen LogP contribution is -2.27. The minimum absolute atomic E-state index is 0.0249. The van der Waals surface area contributed by atoms with Gasteiger partial charge in [0, 0.05) is 34.1 Å². The van der Waals surface area contributed by atoms with Crippen LogP contribution in [0.25, 0.3) is 10.9 Å². The maximum atomic E-state index is 6.00. The molecule has 80 valence electrons. The molecule has 3 N–H and O–H groups in total. The van der Waals surface area contributed by atoms with Gasteiger partial charge < -0.3 is 10.7 Å². The normalized spacial score (nSPS) is 12.3. The summed E-state index contributed by atoms with van der Waals surface area (Å²) in [6.45, 7) is 4.89. The third-order valence-corrected chi connectivity index (χ3v) is 3.12. The Morgan fingerprint density at radius 2 is 2.13 bits per heavy atom. The maximum Gasteiger partial charge on any atom is 0.0458 e. The fourth-order valence-electron chi connectivity index (χ4n) is 1.76. The predicted molar refractivity (Wildman–Crippen MR) is 65.4 cm³/mol. The molecule has 1 heterocycles. The van der Waals surface area contributed by atoms with Crippen molar-refractivity contribution in [2.45, 2.75) is 19.3 Å². The van der Waals surface area contributed by atoms with Gasteiger partial charge in [-0.05, 0) is 23.8 Å². The molecule has 0 amide bonds. The zero-order valence-electron chi connectivity index (χ0n) is 8.97. The Morgan fingerprint density at radius 1 is 1.40 bits per heavy atom. The number of benzene rings is 1. The van der Waals surface area contributed by atoms with Crippen molar-refractivity contribution in [1.82, 2.24) is 4.98 Å². The molecule has 0 unspecified atom stereocenters. The van der Waals surface area contributed by atoms with E-state index >= 15 is 0 Å². The molecule has 0 atom stereocenters. The van der Waals surface area contributed by atoms with Crippen LogP contribution in [0.2, 0.25) is 5.02 Å². The van der Waals surface area contributed by atoms with Gasteiger partial charge in [-0.15, -0.1) is 0 Å². The SMILES string of the molecule is CC(C)(CN)c1c[nH]c2ccc(Cl)cc12. The fraction of sp³-hybridized carbons (Fsp3) is 0.333. The van der Waals surface area contributed by atoms with Gasteiger partial charge in [0.2, 0.25) is 0 Å². The summed E-state index contributed by atoms with van der Waals surface area (Å²) in [5.74, 6) is 0. The van der Waals surface area contributed by atoms with Crippen molar-refractivity contribution >= 4 is 22.5 Å².